The standard InChI is InChI=1S/C40H26N2/c1-23-32-12-7-13-36-39(32)40-35(24(2)41-36)21-31(22-37(40)42-23)26-16-14-25-15-17-29(20-30(25)18-26)38-33-10-5-3-8-27(33)19-28-9-4-6-11-34(28)38/h3-22H,1-2H3. The van der Waals surface area contributed by atoms with Crippen molar-refractivity contribution in [3.05, 3.63) is 133 Å². The van der Waals surface area contributed by atoms with Crippen LogP contribution in [0.4, 0.5) is 0 Å². The minimum atomic E-state index is 1.03. The van der Waals surface area contributed by atoms with E-state index in [1.807, 2.05) is 0 Å². The average molecular weight is 535 g/mol. The Kier molecular flexibility index (Phi) is 4.77. The molecule has 0 saturated heterocycles. The Bertz CT molecular complexity index is 2490. The third kappa shape index (κ3) is 3.33. The maximum Gasteiger partial charge on any atom is 0.0725 e. The molecule has 42 heavy (non-hydrogen) atoms. The van der Waals surface area contributed by atoms with Crippen molar-refractivity contribution >= 4 is 64.9 Å². The van der Waals surface area contributed by atoms with Crippen LogP contribution in [0.5, 0.6) is 0 Å². The maximum atomic E-state index is 5.08. The number of aromatic nitrogens is 2. The molecule has 0 unspecified atom stereocenters. The zero-order valence-electron chi connectivity index (χ0n) is 23.4. The summed E-state index contributed by atoms with van der Waals surface area (Å²) in [4.78, 5) is 10.1. The van der Waals surface area contributed by atoms with Gasteiger partial charge in [0, 0.05) is 32.9 Å². The summed E-state index contributed by atoms with van der Waals surface area (Å²) in [5.41, 5.74) is 9.04. The van der Waals surface area contributed by atoms with Gasteiger partial charge in [0.25, 0.3) is 0 Å². The number of benzene rings is 7. The molecule has 0 N–H and O–H groups in total. The number of hydrogen-bond acceptors (Lipinski definition) is 2. The van der Waals surface area contributed by atoms with Crippen LogP contribution in [-0.2, 0) is 0 Å². The number of fused-ring (bicyclic) bond motifs is 3. The van der Waals surface area contributed by atoms with Crippen molar-refractivity contribution in [2.45, 2.75) is 13.8 Å². The molecule has 0 spiro atoms. The summed E-state index contributed by atoms with van der Waals surface area (Å²) >= 11 is 0. The first-order chi connectivity index (χ1) is 20.6. The second-order valence-electron chi connectivity index (χ2n) is 11.5. The molecule has 9 aromatic rings. The van der Waals surface area contributed by atoms with Crippen LogP contribution in [0.1, 0.15) is 11.4 Å². The second-order valence-corrected chi connectivity index (χ2v) is 11.5. The van der Waals surface area contributed by atoms with Crippen LogP contribution < -0.4 is 0 Å². The fourth-order valence-corrected chi connectivity index (χ4v) is 7.02. The molecule has 2 aromatic heterocycles. The fraction of sp³-hybridized carbons (Fsp3) is 0.0500. The molecular formula is C40H26N2. The third-order valence-corrected chi connectivity index (χ3v) is 9.00. The van der Waals surface area contributed by atoms with E-state index in [1.165, 1.54) is 76.1 Å². The van der Waals surface area contributed by atoms with Crippen LogP contribution in [0.25, 0.3) is 87.1 Å². The van der Waals surface area contributed by atoms with Crippen molar-refractivity contribution in [2.24, 2.45) is 0 Å². The van der Waals surface area contributed by atoms with Crippen molar-refractivity contribution < 1.29 is 0 Å². The predicted octanol–water partition coefficient (Wildman–Crippen LogP) is 10.8. The average Bonchev–Trinajstić information content (AvgIpc) is 3.02. The molecule has 9 rings (SSSR count). The Morgan fingerprint density at radius 1 is 0.381 bits per heavy atom. The topological polar surface area (TPSA) is 25.8 Å². The summed E-state index contributed by atoms with van der Waals surface area (Å²) < 4.78 is 0. The van der Waals surface area contributed by atoms with Gasteiger partial charge in [0.2, 0.25) is 0 Å². The van der Waals surface area contributed by atoms with Crippen LogP contribution in [0.15, 0.2) is 121 Å². The molecule has 2 nitrogen and oxygen atoms in total. The molecule has 2 heterocycles. The van der Waals surface area contributed by atoms with Crippen LogP contribution in [0.2, 0.25) is 0 Å². The number of aryl methyl sites for hydroxylation is 2. The highest BCUT2D eigenvalue weighted by atomic mass is 14.7. The number of nitrogens with zero attached hydrogens (tertiary/aromatic N) is 2. The summed E-state index contributed by atoms with van der Waals surface area (Å²) in [6.07, 6.45) is 0. The van der Waals surface area contributed by atoms with Gasteiger partial charge in [-0.25, -0.2) is 0 Å². The predicted molar refractivity (Wildman–Crippen MR) is 179 cm³/mol. The van der Waals surface area contributed by atoms with Gasteiger partial charge in [-0.3, -0.25) is 9.97 Å². The Morgan fingerprint density at radius 2 is 1.00 bits per heavy atom. The molecule has 0 amide bonds. The number of hydrogen-bond donors (Lipinski definition) is 0. The van der Waals surface area contributed by atoms with Crippen molar-refractivity contribution in [3.63, 3.8) is 0 Å². The summed E-state index contributed by atoms with van der Waals surface area (Å²) in [7, 11) is 0. The molecule has 0 radical (unpaired) electrons. The number of rotatable bonds is 2. The van der Waals surface area contributed by atoms with Gasteiger partial charge < -0.3 is 0 Å². The molecule has 0 fully saturated rings. The van der Waals surface area contributed by atoms with Gasteiger partial charge in [-0.1, -0.05) is 84.9 Å². The van der Waals surface area contributed by atoms with E-state index < -0.39 is 0 Å². The Labute approximate surface area is 243 Å². The van der Waals surface area contributed by atoms with E-state index in [-0.39, 0.29) is 0 Å². The van der Waals surface area contributed by atoms with E-state index in [4.69, 9.17) is 9.97 Å². The van der Waals surface area contributed by atoms with Gasteiger partial charge in [-0.15, -0.1) is 0 Å². The summed E-state index contributed by atoms with van der Waals surface area (Å²) in [5, 5.41) is 12.3. The highest BCUT2D eigenvalue weighted by Crippen LogP contribution is 2.40. The minimum Gasteiger partial charge on any atom is -0.252 e. The van der Waals surface area contributed by atoms with Gasteiger partial charge in [-0.2, -0.15) is 0 Å². The zero-order chi connectivity index (χ0) is 27.9. The lowest BCUT2D eigenvalue weighted by molar-refractivity contribution is 1.26. The largest absolute Gasteiger partial charge is 0.252 e. The highest BCUT2D eigenvalue weighted by Gasteiger charge is 2.16. The molecule has 0 atom stereocenters. The fourth-order valence-electron chi connectivity index (χ4n) is 7.02. The second kappa shape index (κ2) is 8.58. The molecule has 0 saturated carbocycles. The minimum absolute atomic E-state index is 1.03. The van der Waals surface area contributed by atoms with Crippen molar-refractivity contribution in [3.8, 4) is 22.3 Å². The summed E-state index contributed by atoms with van der Waals surface area (Å²) in [5.74, 6) is 0. The van der Waals surface area contributed by atoms with E-state index in [2.05, 4.69) is 135 Å². The van der Waals surface area contributed by atoms with Crippen LogP contribution in [0.3, 0.4) is 0 Å². The van der Waals surface area contributed by atoms with Gasteiger partial charge in [0.1, 0.15) is 0 Å². The van der Waals surface area contributed by atoms with Gasteiger partial charge >= 0.3 is 0 Å². The molecule has 7 aromatic carbocycles. The lowest BCUT2D eigenvalue weighted by atomic mass is 9.90. The van der Waals surface area contributed by atoms with Gasteiger partial charge in [-0.05, 0) is 105 Å². The van der Waals surface area contributed by atoms with Crippen molar-refractivity contribution in [2.75, 3.05) is 0 Å². The highest BCUT2D eigenvalue weighted by molar-refractivity contribution is 6.22. The van der Waals surface area contributed by atoms with E-state index in [1.54, 1.807) is 0 Å². The smallest absolute Gasteiger partial charge is 0.0725 e. The van der Waals surface area contributed by atoms with E-state index in [9.17, 15) is 0 Å². The normalized spacial score (nSPS) is 12.0. The van der Waals surface area contributed by atoms with Crippen LogP contribution >= 0.6 is 0 Å². The molecule has 0 bridgehead atoms. The van der Waals surface area contributed by atoms with E-state index >= 15 is 0 Å². The summed E-state index contributed by atoms with van der Waals surface area (Å²) in [6.45, 7) is 4.21. The SMILES string of the molecule is Cc1nc2cc(-c3ccc4ccc(-c5c6ccccc6cc6ccccc56)cc4c3)cc3c(C)nc4cccc1c4c23. The lowest BCUT2D eigenvalue weighted by Crippen LogP contribution is -1.96. The lowest BCUT2D eigenvalue weighted by Gasteiger charge is -2.15. The van der Waals surface area contributed by atoms with Crippen LogP contribution in [-0.4, -0.2) is 9.97 Å². The molecule has 196 valence electrons. The monoisotopic (exact) mass is 534 g/mol. The first-order valence-corrected chi connectivity index (χ1v) is 14.5. The van der Waals surface area contributed by atoms with Gasteiger partial charge in [0.05, 0.1) is 11.0 Å². The van der Waals surface area contributed by atoms with E-state index in [0.717, 1.165) is 22.4 Å². The quantitative estimate of drug-likeness (QED) is 0.163. The Balaban J connectivity index is 1.28. The molecule has 0 aliphatic heterocycles. The molecule has 0 aliphatic rings. The van der Waals surface area contributed by atoms with Crippen LogP contribution in [0, 0.1) is 13.8 Å². The van der Waals surface area contributed by atoms with Crippen molar-refractivity contribution in [1.82, 2.24) is 9.97 Å². The number of pyridine rings is 2. The molecular weight excluding hydrogens is 508 g/mol. The van der Waals surface area contributed by atoms with Crippen molar-refractivity contribution in [1.29, 1.82) is 0 Å². The molecule has 2 heteroatoms. The molecule has 0 aliphatic carbocycles. The third-order valence-electron chi connectivity index (χ3n) is 9.00. The van der Waals surface area contributed by atoms with Gasteiger partial charge in [0.15, 0.2) is 0 Å². The first-order valence-electron chi connectivity index (χ1n) is 14.5. The Hall–Kier alpha value is -5.34. The zero-order valence-corrected chi connectivity index (χ0v) is 23.4. The maximum absolute atomic E-state index is 5.08. The summed E-state index contributed by atoms with van der Waals surface area (Å²) in [6, 6.07) is 44.3. The first kappa shape index (κ1) is 23.4. The van der Waals surface area contributed by atoms with E-state index in [0.29, 0.717) is 0 Å². The Morgan fingerprint density at radius 3 is 1.79 bits per heavy atom.